The van der Waals surface area contributed by atoms with Crippen molar-refractivity contribution in [1.29, 1.82) is 0 Å². The molecule has 1 heterocycles. The number of nitrogens with zero attached hydrogens (tertiary/aromatic N) is 1. The lowest BCUT2D eigenvalue weighted by molar-refractivity contribution is 0.0952. The molecule has 0 saturated carbocycles. The van der Waals surface area contributed by atoms with E-state index in [1.165, 1.54) is 0 Å². The van der Waals surface area contributed by atoms with Crippen LogP contribution in [-0.2, 0) is 16.6 Å². The SMILES string of the molecule is CS(=O)(=O)Nc1cccc(CNC(=O)c2cc(-c3ccccc3)nc3ccccc23)c1. The van der Waals surface area contributed by atoms with Crippen LogP contribution in [0.2, 0.25) is 0 Å². The number of fused-ring (bicyclic) bond motifs is 1. The standard InChI is InChI=1S/C24H21N3O3S/c1-31(29,30)27-19-11-7-8-17(14-19)16-25-24(28)21-15-23(18-9-3-2-4-10-18)26-22-13-6-5-12-20(21)22/h2-15,27H,16H2,1H3,(H,25,28). The molecule has 0 atom stereocenters. The van der Waals surface area contributed by atoms with Crippen molar-refractivity contribution in [3.05, 3.63) is 96.1 Å². The van der Waals surface area contributed by atoms with Crippen LogP contribution in [0, 0.1) is 0 Å². The van der Waals surface area contributed by atoms with Gasteiger partial charge in [0.1, 0.15) is 0 Å². The highest BCUT2D eigenvalue weighted by Gasteiger charge is 2.14. The molecular formula is C24H21N3O3S. The molecule has 0 aliphatic rings. The third kappa shape index (κ3) is 5.07. The van der Waals surface area contributed by atoms with E-state index in [1.54, 1.807) is 24.3 Å². The van der Waals surface area contributed by atoms with Crippen molar-refractivity contribution in [3.8, 4) is 11.3 Å². The van der Waals surface area contributed by atoms with Crippen LogP contribution in [0.25, 0.3) is 22.2 Å². The number of aromatic nitrogens is 1. The average Bonchev–Trinajstić information content (AvgIpc) is 2.76. The van der Waals surface area contributed by atoms with Crippen LogP contribution in [0.3, 0.4) is 0 Å². The fourth-order valence-corrected chi connectivity index (χ4v) is 3.91. The highest BCUT2D eigenvalue weighted by Crippen LogP contribution is 2.25. The molecule has 0 saturated heterocycles. The quantitative estimate of drug-likeness (QED) is 0.479. The predicted molar refractivity (Wildman–Crippen MR) is 123 cm³/mol. The van der Waals surface area contributed by atoms with Gasteiger partial charge in [0.2, 0.25) is 10.0 Å². The molecule has 2 N–H and O–H groups in total. The summed E-state index contributed by atoms with van der Waals surface area (Å²) < 4.78 is 25.3. The molecule has 7 heteroatoms. The van der Waals surface area contributed by atoms with E-state index in [2.05, 4.69) is 10.0 Å². The monoisotopic (exact) mass is 431 g/mol. The number of sulfonamides is 1. The zero-order valence-electron chi connectivity index (χ0n) is 16.9. The van der Waals surface area contributed by atoms with Crippen LogP contribution in [-0.4, -0.2) is 25.6 Å². The fraction of sp³-hybridized carbons (Fsp3) is 0.0833. The number of hydrogen-bond acceptors (Lipinski definition) is 4. The second-order valence-corrected chi connectivity index (χ2v) is 8.94. The Labute approximate surface area is 181 Å². The van der Waals surface area contributed by atoms with Crippen LogP contribution >= 0.6 is 0 Å². The minimum Gasteiger partial charge on any atom is -0.348 e. The summed E-state index contributed by atoms with van der Waals surface area (Å²) in [6.07, 6.45) is 1.10. The third-order valence-electron chi connectivity index (χ3n) is 4.71. The van der Waals surface area contributed by atoms with Crippen molar-refractivity contribution in [2.45, 2.75) is 6.54 Å². The molecule has 4 aromatic rings. The van der Waals surface area contributed by atoms with Crippen LogP contribution in [0.5, 0.6) is 0 Å². The van der Waals surface area contributed by atoms with Crippen LogP contribution in [0.4, 0.5) is 5.69 Å². The number of benzene rings is 3. The largest absolute Gasteiger partial charge is 0.348 e. The molecule has 0 bridgehead atoms. The number of carbonyl (C=O) groups is 1. The number of amides is 1. The van der Waals surface area contributed by atoms with Gasteiger partial charge >= 0.3 is 0 Å². The van der Waals surface area contributed by atoms with E-state index in [1.807, 2.05) is 60.7 Å². The molecule has 0 fully saturated rings. The fourth-order valence-electron chi connectivity index (χ4n) is 3.36. The number of anilines is 1. The van der Waals surface area contributed by atoms with E-state index < -0.39 is 10.0 Å². The van der Waals surface area contributed by atoms with Crippen molar-refractivity contribution in [2.24, 2.45) is 0 Å². The molecule has 0 unspecified atom stereocenters. The first-order valence-electron chi connectivity index (χ1n) is 9.69. The van der Waals surface area contributed by atoms with Gasteiger partial charge in [-0.25, -0.2) is 13.4 Å². The van der Waals surface area contributed by atoms with E-state index in [9.17, 15) is 13.2 Å². The van der Waals surface area contributed by atoms with Crippen LogP contribution in [0.15, 0.2) is 84.9 Å². The number of rotatable bonds is 6. The lowest BCUT2D eigenvalue weighted by Crippen LogP contribution is -2.23. The minimum atomic E-state index is -3.37. The normalized spacial score (nSPS) is 11.3. The van der Waals surface area contributed by atoms with E-state index in [-0.39, 0.29) is 12.5 Å². The lowest BCUT2D eigenvalue weighted by Gasteiger charge is -2.11. The van der Waals surface area contributed by atoms with E-state index in [0.717, 1.165) is 34.0 Å². The van der Waals surface area contributed by atoms with E-state index >= 15 is 0 Å². The second kappa shape index (κ2) is 8.57. The van der Waals surface area contributed by atoms with Gasteiger partial charge in [-0.3, -0.25) is 9.52 Å². The van der Waals surface area contributed by atoms with Crippen molar-refractivity contribution >= 4 is 32.5 Å². The summed E-state index contributed by atoms with van der Waals surface area (Å²) in [7, 11) is -3.37. The summed E-state index contributed by atoms with van der Waals surface area (Å²) in [5.74, 6) is -0.225. The summed E-state index contributed by atoms with van der Waals surface area (Å²) >= 11 is 0. The lowest BCUT2D eigenvalue weighted by atomic mass is 10.0. The van der Waals surface area contributed by atoms with Gasteiger partial charge in [0.15, 0.2) is 0 Å². The first-order chi connectivity index (χ1) is 14.9. The molecule has 0 spiro atoms. The van der Waals surface area contributed by atoms with Crippen LogP contribution < -0.4 is 10.0 Å². The van der Waals surface area contributed by atoms with Gasteiger partial charge in [0, 0.05) is 23.2 Å². The Hall–Kier alpha value is -3.71. The van der Waals surface area contributed by atoms with Gasteiger partial charge in [-0.15, -0.1) is 0 Å². The molecule has 1 amide bonds. The topological polar surface area (TPSA) is 88.2 Å². The molecule has 0 radical (unpaired) electrons. The highest BCUT2D eigenvalue weighted by molar-refractivity contribution is 7.92. The van der Waals surface area contributed by atoms with Gasteiger partial charge < -0.3 is 5.32 Å². The van der Waals surface area contributed by atoms with Gasteiger partial charge in [-0.2, -0.15) is 0 Å². The Balaban J connectivity index is 1.61. The second-order valence-electron chi connectivity index (χ2n) is 7.20. The maximum absolute atomic E-state index is 13.1. The van der Waals surface area contributed by atoms with Crippen LogP contribution in [0.1, 0.15) is 15.9 Å². The van der Waals surface area contributed by atoms with Crippen molar-refractivity contribution < 1.29 is 13.2 Å². The Morgan fingerprint density at radius 1 is 0.903 bits per heavy atom. The zero-order chi connectivity index (χ0) is 21.8. The third-order valence-corrected chi connectivity index (χ3v) is 5.32. The van der Waals surface area contributed by atoms with Gasteiger partial charge in [-0.1, -0.05) is 60.7 Å². The number of pyridine rings is 1. The first kappa shape index (κ1) is 20.6. The van der Waals surface area contributed by atoms with Gasteiger partial charge in [0.05, 0.1) is 23.0 Å². The summed E-state index contributed by atoms with van der Waals surface area (Å²) in [5, 5.41) is 3.70. The Morgan fingerprint density at radius 3 is 2.42 bits per heavy atom. The number of hydrogen-bond donors (Lipinski definition) is 2. The Kier molecular flexibility index (Phi) is 5.68. The molecule has 156 valence electrons. The highest BCUT2D eigenvalue weighted by atomic mass is 32.2. The molecule has 0 aliphatic heterocycles. The van der Waals surface area contributed by atoms with Gasteiger partial charge in [0.25, 0.3) is 5.91 Å². The molecule has 0 aliphatic carbocycles. The Morgan fingerprint density at radius 2 is 1.65 bits per heavy atom. The molecule has 1 aromatic heterocycles. The van der Waals surface area contributed by atoms with Gasteiger partial charge in [-0.05, 0) is 29.8 Å². The van der Waals surface area contributed by atoms with E-state index in [4.69, 9.17) is 4.98 Å². The average molecular weight is 432 g/mol. The number of nitrogens with one attached hydrogen (secondary N) is 2. The maximum atomic E-state index is 13.1. The number of carbonyl (C=O) groups excluding carboxylic acids is 1. The summed E-state index contributed by atoms with van der Waals surface area (Å²) in [4.78, 5) is 17.8. The molecule has 3 aromatic carbocycles. The molecule has 31 heavy (non-hydrogen) atoms. The molecule has 6 nitrogen and oxygen atoms in total. The zero-order valence-corrected chi connectivity index (χ0v) is 17.7. The van der Waals surface area contributed by atoms with Crippen molar-refractivity contribution in [2.75, 3.05) is 11.0 Å². The summed E-state index contributed by atoms with van der Waals surface area (Å²) in [6, 6.07) is 26.0. The predicted octanol–water partition coefficient (Wildman–Crippen LogP) is 4.20. The summed E-state index contributed by atoms with van der Waals surface area (Å²) in [6.45, 7) is 0.259. The first-order valence-corrected chi connectivity index (χ1v) is 11.6. The maximum Gasteiger partial charge on any atom is 0.252 e. The Bertz CT molecular complexity index is 1350. The summed E-state index contributed by atoms with van der Waals surface area (Å²) in [5.41, 5.74) is 4.17. The number of para-hydroxylation sites is 1. The molecule has 4 rings (SSSR count). The smallest absolute Gasteiger partial charge is 0.252 e. The molecular weight excluding hydrogens is 410 g/mol. The van der Waals surface area contributed by atoms with E-state index in [0.29, 0.717) is 11.3 Å². The van der Waals surface area contributed by atoms with Crippen molar-refractivity contribution in [1.82, 2.24) is 10.3 Å². The van der Waals surface area contributed by atoms with Crippen molar-refractivity contribution in [3.63, 3.8) is 0 Å². The minimum absolute atomic E-state index is 0.225.